The van der Waals surface area contributed by atoms with Crippen molar-refractivity contribution < 1.29 is 0 Å². The van der Waals surface area contributed by atoms with Crippen molar-refractivity contribution in [3.05, 3.63) is 96.2 Å². The molecule has 0 nitrogen and oxygen atoms in total. The first-order chi connectivity index (χ1) is 11.2. The minimum atomic E-state index is -1.54. The zero-order valence-corrected chi connectivity index (χ0v) is 14.9. The summed E-state index contributed by atoms with van der Waals surface area (Å²) in [5.74, 6) is 1.01. The zero-order valence-electron chi connectivity index (χ0n) is 13.9. The molecule has 4 rings (SSSR count). The molecule has 4 atom stereocenters. The molecule has 0 amide bonds. The van der Waals surface area contributed by atoms with Gasteiger partial charge >= 0.3 is 0 Å². The lowest BCUT2D eigenvalue weighted by Gasteiger charge is -2.37. The summed E-state index contributed by atoms with van der Waals surface area (Å²) >= 11 is 0. The van der Waals surface area contributed by atoms with Gasteiger partial charge in [-0.2, -0.15) is 0 Å². The van der Waals surface area contributed by atoms with Crippen molar-refractivity contribution in [3.63, 3.8) is 0 Å². The zero-order chi connectivity index (χ0) is 15.9. The molecule has 0 heterocycles. The molecule has 116 valence electrons. The number of fused-ring (bicyclic) bond motifs is 2. The van der Waals surface area contributed by atoms with Gasteiger partial charge in [-0.15, -0.1) is 0 Å². The van der Waals surface area contributed by atoms with E-state index in [2.05, 4.69) is 98.2 Å². The van der Waals surface area contributed by atoms with Gasteiger partial charge in [0.25, 0.3) is 0 Å². The van der Waals surface area contributed by atoms with Gasteiger partial charge in [0.2, 0.25) is 0 Å². The van der Waals surface area contributed by atoms with Crippen molar-refractivity contribution in [3.8, 4) is 0 Å². The van der Waals surface area contributed by atoms with E-state index in [-0.39, 0.29) is 0 Å². The van der Waals surface area contributed by atoms with Gasteiger partial charge in [0.15, 0.2) is 0 Å². The van der Waals surface area contributed by atoms with Crippen LogP contribution in [0.2, 0.25) is 24.2 Å². The van der Waals surface area contributed by atoms with Crippen LogP contribution in [0.4, 0.5) is 0 Å². The first kappa shape index (κ1) is 14.7. The summed E-state index contributed by atoms with van der Waals surface area (Å²) in [7, 11) is -1.54. The molecule has 4 aliphatic carbocycles. The lowest BCUT2D eigenvalue weighted by molar-refractivity contribution is 0.926. The van der Waals surface area contributed by atoms with Gasteiger partial charge in [0.1, 0.15) is 0 Å². The van der Waals surface area contributed by atoms with E-state index in [9.17, 15) is 0 Å². The Morgan fingerprint density at radius 1 is 0.565 bits per heavy atom. The fourth-order valence-electron chi connectivity index (χ4n) is 4.48. The van der Waals surface area contributed by atoms with E-state index >= 15 is 0 Å². The summed E-state index contributed by atoms with van der Waals surface area (Å²) in [5.41, 5.74) is 4.46. The molecule has 0 spiro atoms. The molecule has 0 saturated heterocycles. The number of hydrogen-bond acceptors (Lipinski definition) is 0. The van der Waals surface area contributed by atoms with Crippen molar-refractivity contribution in [2.75, 3.05) is 0 Å². The Kier molecular flexibility index (Phi) is 3.61. The van der Waals surface area contributed by atoms with Crippen LogP contribution in [-0.2, 0) is 0 Å². The maximum atomic E-state index is 2.57. The average Bonchev–Trinajstić information content (AvgIpc) is 2.97. The largest absolute Gasteiger partial charge is 0.0831 e. The van der Waals surface area contributed by atoms with Gasteiger partial charge in [-0.25, -0.2) is 0 Å². The van der Waals surface area contributed by atoms with E-state index in [1.165, 1.54) is 0 Å². The highest BCUT2D eigenvalue weighted by molar-refractivity contribution is 6.82. The van der Waals surface area contributed by atoms with Crippen LogP contribution >= 0.6 is 0 Å². The molecule has 0 saturated carbocycles. The third-order valence-corrected chi connectivity index (χ3v) is 10.0. The second kappa shape index (κ2) is 5.65. The molecule has 0 bridgehead atoms. The summed E-state index contributed by atoms with van der Waals surface area (Å²) in [6.45, 7) is 5.14. The van der Waals surface area contributed by atoms with Gasteiger partial charge in [-0.3, -0.25) is 0 Å². The van der Waals surface area contributed by atoms with E-state index in [0.29, 0.717) is 22.9 Å². The molecule has 0 aromatic rings. The van der Waals surface area contributed by atoms with E-state index in [1.807, 2.05) is 0 Å². The molecule has 4 unspecified atom stereocenters. The van der Waals surface area contributed by atoms with Gasteiger partial charge in [-0.05, 0) is 11.1 Å². The number of hydrogen-bond donors (Lipinski definition) is 0. The molecule has 0 radical (unpaired) electrons. The van der Waals surface area contributed by atoms with Gasteiger partial charge in [0.05, 0.1) is 8.07 Å². The molecule has 0 aliphatic heterocycles. The van der Waals surface area contributed by atoms with Crippen LogP contribution in [0.15, 0.2) is 96.2 Å². The SMILES string of the molecule is C[Si](C)(C1C=CC2C=CC=CC=C21)C1C=CC2C=CC=CC=C21. The smallest absolute Gasteiger partial charge is 0.0706 e. The highest BCUT2D eigenvalue weighted by atomic mass is 28.3. The standard InChI is InChI=1S/C22H24Si/c1-23(2,21-15-13-17-9-5-3-7-11-19(17)21)22-16-14-18-10-6-4-8-12-20(18)22/h3-18,21-22H,1-2H3. The molecular weight excluding hydrogens is 292 g/mol. The van der Waals surface area contributed by atoms with Crippen LogP contribution in [0, 0.1) is 11.8 Å². The van der Waals surface area contributed by atoms with Crippen molar-refractivity contribution in [1.29, 1.82) is 0 Å². The van der Waals surface area contributed by atoms with Gasteiger partial charge in [0, 0.05) is 11.8 Å². The maximum Gasteiger partial charge on any atom is 0.0706 e. The molecule has 23 heavy (non-hydrogen) atoms. The molecule has 0 fully saturated rings. The summed E-state index contributed by atoms with van der Waals surface area (Å²) in [6.07, 6.45) is 32.3. The first-order valence-corrected chi connectivity index (χ1v) is 11.8. The highest BCUT2D eigenvalue weighted by Crippen LogP contribution is 2.52. The molecule has 0 N–H and O–H groups in total. The fourth-order valence-corrected chi connectivity index (χ4v) is 8.38. The Balaban J connectivity index is 1.69. The summed E-state index contributed by atoms with van der Waals surface area (Å²) in [6, 6.07) is 0. The monoisotopic (exact) mass is 316 g/mol. The molecule has 4 aliphatic rings. The van der Waals surface area contributed by atoms with Crippen molar-refractivity contribution in [2.24, 2.45) is 11.8 Å². The fraction of sp³-hybridized carbons (Fsp3) is 0.273. The van der Waals surface area contributed by atoms with E-state index in [0.717, 1.165) is 0 Å². The Labute approximate surface area is 140 Å². The third-order valence-electron chi connectivity index (χ3n) is 5.77. The van der Waals surface area contributed by atoms with E-state index < -0.39 is 8.07 Å². The quantitative estimate of drug-likeness (QED) is 0.439. The van der Waals surface area contributed by atoms with Gasteiger partial charge < -0.3 is 0 Å². The minimum absolute atomic E-state index is 0.505. The summed E-state index contributed by atoms with van der Waals surface area (Å²) < 4.78 is 0. The Hall–Kier alpha value is -1.86. The average molecular weight is 317 g/mol. The van der Waals surface area contributed by atoms with Crippen molar-refractivity contribution >= 4 is 8.07 Å². The topological polar surface area (TPSA) is 0 Å². The second-order valence-corrected chi connectivity index (χ2v) is 12.4. The Bertz CT molecular complexity index is 672. The van der Waals surface area contributed by atoms with E-state index in [1.54, 1.807) is 11.1 Å². The maximum absolute atomic E-state index is 2.57. The van der Waals surface area contributed by atoms with Crippen molar-refractivity contribution in [1.82, 2.24) is 0 Å². The molecule has 0 aromatic heterocycles. The lowest BCUT2D eigenvalue weighted by Crippen LogP contribution is -2.37. The number of allylic oxidation sites excluding steroid dienone is 16. The number of rotatable bonds is 2. The molecule has 1 heteroatoms. The van der Waals surface area contributed by atoms with E-state index in [4.69, 9.17) is 0 Å². The highest BCUT2D eigenvalue weighted by Gasteiger charge is 2.45. The third kappa shape index (κ3) is 2.44. The van der Waals surface area contributed by atoms with Crippen LogP contribution in [0.3, 0.4) is 0 Å². The predicted octanol–water partition coefficient (Wildman–Crippen LogP) is 5.91. The van der Waals surface area contributed by atoms with Crippen LogP contribution in [0.5, 0.6) is 0 Å². The Morgan fingerprint density at radius 3 is 1.52 bits per heavy atom. The minimum Gasteiger partial charge on any atom is -0.0831 e. The van der Waals surface area contributed by atoms with Crippen LogP contribution in [0.25, 0.3) is 0 Å². The van der Waals surface area contributed by atoms with Crippen LogP contribution in [0.1, 0.15) is 0 Å². The van der Waals surface area contributed by atoms with Gasteiger partial charge in [-0.1, -0.05) is 109 Å². The Morgan fingerprint density at radius 2 is 1.04 bits per heavy atom. The molecule has 0 aromatic carbocycles. The lowest BCUT2D eigenvalue weighted by atomic mass is 10.0. The molecular formula is C22H24Si. The van der Waals surface area contributed by atoms with Crippen LogP contribution in [-0.4, -0.2) is 8.07 Å². The normalized spacial score (nSPS) is 34.0. The predicted molar refractivity (Wildman–Crippen MR) is 103 cm³/mol. The summed E-state index contributed by atoms with van der Waals surface area (Å²) in [4.78, 5) is 0. The van der Waals surface area contributed by atoms with Crippen molar-refractivity contribution in [2.45, 2.75) is 24.2 Å². The first-order valence-electron chi connectivity index (χ1n) is 8.64. The van der Waals surface area contributed by atoms with Crippen LogP contribution < -0.4 is 0 Å². The second-order valence-electron chi connectivity index (χ2n) is 7.47. The summed E-state index contributed by atoms with van der Waals surface area (Å²) in [5, 5.41) is 0.